The van der Waals surface area contributed by atoms with Gasteiger partial charge in [0.15, 0.2) is 5.78 Å². The molecule has 1 aromatic rings. The number of carbonyl (C=O) groups excluding carboxylic acids is 3. The number of hydrogen-bond acceptors (Lipinski definition) is 4. The van der Waals surface area contributed by atoms with Gasteiger partial charge in [0.1, 0.15) is 11.7 Å². The van der Waals surface area contributed by atoms with Crippen LogP contribution in [0.2, 0.25) is 0 Å². The Labute approximate surface area is 192 Å². The highest BCUT2D eigenvalue weighted by Crippen LogP contribution is 2.15. The third kappa shape index (κ3) is 9.15. The van der Waals surface area contributed by atoms with E-state index in [1.54, 1.807) is 12.1 Å². The van der Waals surface area contributed by atoms with Crippen LogP contribution in [0.15, 0.2) is 12.1 Å². The fraction of sp³-hybridized carbons (Fsp3) is 0.720. The summed E-state index contributed by atoms with van der Waals surface area (Å²) in [5, 5.41) is 15.4. The molecule has 7 heteroatoms. The lowest BCUT2D eigenvalue weighted by Gasteiger charge is -2.23. The summed E-state index contributed by atoms with van der Waals surface area (Å²) in [6, 6.07) is 2.23. The Hall–Kier alpha value is -2.15. The number of Topliss-reactive ketones (excluding diaryl/α,β-unsaturated/α-hetero) is 1. The van der Waals surface area contributed by atoms with Crippen molar-refractivity contribution in [3.05, 3.63) is 23.5 Å². The van der Waals surface area contributed by atoms with Crippen LogP contribution < -0.4 is 10.6 Å². The van der Waals surface area contributed by atoms with Gasteiger partial charge in [-0.25, -0.2) is 0 Å². The van der Waals surface area contributed by atoms with Crippen molar-refractivity contribution in [1.82, 2.24) is 15.6 Å². The predicted octanol–water partition coefficient (Wildman–Crippen LogP) is 4.12. The van der Waals surface area contributed by atoms with Gasteiger partial charge < -0.3 is 20.7 Å². The van der Waals surface area contributed by atoms with Gasteiger partial charge in [-0.2, -0.15) is 0 Å². The van der Waals surface area contributed by atoms with E-state index < -0.39 is 11.9 Å². The lowest BCUT2D eigenvalue weighted by atomic mass is 10.0. The highest BCUT2D eigenvalue weighted by molar-refractivity contribution is 5.99. The Morgan fingerprint density at radius 2 is 1.59 bits per heavy atom. The molecular weight excluding hydrogens is 406 g/mol. The first kappa shape index (κ1) is 26.1. The first-order chi connectivity index (χ1) is 15.4. The largest absolute Gasteiger partial charge is 0.394 e. The quantitative estimate of drug-likeness (QED) is 0.544. The van der Waals surface area contributed by atoms with Crippen molar-refractivity contribution in [2.75, 3.05) is 6.61 Å². The zero-order chi connectivity index (χ0) is 23.3. The molecule has 0 saturated heterocycles. The summed E-state index contributed by atoms with van der Waals surface area (Å²) in [7, 11) is 0. The van der Waals surface area contributed by atoms with E-state index in [0.717, 1.165) is 38.5 Å². The molecule has 7 nitrogen and oxygen atoms in total. The van der Waals surface area contributed by atoms with Gasteiger partial charge in [-0.3, -0.25) is 14.4 Å². The van der Waals surface area contributed by atoms with E-state index in [4.69, 9.17) is 0 Å². The summed E-state index contributed by atoms with van der Waals surface area (Å²) in [6.45, 7) is 3.95. The molecule has 1 aliphatic heterocycles. The van der Waals surface area contributed by atoms with E-state index in [2.05, 4.69) is 15.6 Å². The van der Waals surface area contributed by atoms with Crippen LogP contribution in [0.4, 0.5) is 0 Å². The Kier molecular flexibility index (Phi) is 11.5. The molecule has 1 aromatic heterocycles. The number of hydrogen-bond donors (Lipinski definition) is 4. The van der Waals surface area contributed by atoms with Gasteiger partial charge in [0.2, 0.25) is 5.91 Å². The van der Waals surface area contributed by atoms with Crippen molar-refractivity contribution in [3.8, 4) is 0 Å². The van der Waals surface area contributed by atoms with Crippen molar-refractivity contribution in [1.29, 1.82) is 0 Å². The molecule has 0 radical (unpaired) electrons. The van der Waals surface area contributed by atoms with Crippen molar-refractivity contribution in [3.63, 3.8) is 0 Å². The van der Waals surface area contributed by atoms with Crippen LogP contribution in [-0.2, 0) is 4.79 Å². The standard InChI is InChI=1S/C25H41N3O4/c1-18(2)16-19(17-29)26-24(31)21-12-10-8-6-4-3-5-7-9-11-13-23(30)20-14-15-22(27-20)25(32)28-21/h14-15,18-19,21,27,29H,3-13,16-17H2,1-2H3,(H,26,31)(H,28,32)/t19-,21-/m0/s1. The smallest absolute Gasteiger partial charge is 0.268 e. The van der Waals surface area contributed by atoms with Crippen molar-refractivity contribution in [2.24, 2.45) is 5.92 Å². The van der Waals surface area contributed by atoms with Gasteiger partial charge in [0, 0.05) is 6.42 Å². The molecule has 0 spiro atoms. The fourth-order valence-electron chi connectivity index (χ4n) is 4.25. The second-order valence-corrected chi connectivity index (χ2v) is 9.47. The summed E-state index contributed by atoms with van der Waals surface area (Å²) in [6.07, 6.45) is 11.3. The van der Waals surface area contributed by atoms with E-state index >= 15 is 0 Å². The van der Waals surface area contributed by atoms with Crippen LogP contribution in [0, 0.1) is 5.92 Å². The molecule has 0 unspecified atom stereocenters. The second kappa shape index (κ2) is 14.1. The minimum atomic E-state index is -0.676. The third-order valence-electron chi connectivity index (χ3n) is 6.07. The Morgan fingerprint density at radius 1 is 1.00 bits per heavy atom. The average Bonchev–Trinajstić information content (AvgIpc) is 3.25. The molecule has 180 valence electrons. The van der Waals surface area contributed by atoms with Crippen molar-refractivity contribution >= 4 is 17.6 Å². The summed E-state index contributed by atoms with van der Waals surface area (Å²) in [5.41, 5.74) is 0.725. The highest BCUT2D eigenvalue weighted by atomic mass is 16.3. The number of H-pyrrole nitrogens is 1. The lowest BCUT2D eigenvalue weighted by molar-refractivity contribution is -0.124. The third-order valence-corrected chi connectivity index (χ3v) is 6.07. The van der Waals surface area contributed by atoms with Gasteiger partial charge in [-0.1, -0.05) is 65.2 Å². The van der Waals surface area contributed by atoms with Crippen molar-refractivity contribution in [2.45, 2.75) is 103 Å². The second-order valence-electron chi connectivity index (χ2n) is 9.47. The van der Waals surface area contributed by atoms with E-state index in [-0.39, 0.29) is 30.0 Å². The number of ketones is 1. The van der Waals surface area contributed by atoms with Gasteiger partial charge in [-0.05, 0) is 37.3 Å². The molecule has 2 rings (SSSR count). The number of carbonyl (C=O) groups is 3. The van der Waals surface area contributed by atoms with E-state index in [0.29, 0.717) is 30.9 Å². The molecule has 0 aromatic carbocycles. The van der Waals surface area contributed by atoms with Crippen LogP contribution in [0.25, 0.3) is 0 Å². The van der Waals surface area contributed by atoms with Crippen molar-refractivity contribution < 1.29 is 19.5 Å². The molecular formula is C25H41N3O4. The predicted molar refractivity (Wildman–Crippen MR) is 126 cm³/mol. The van der Waals surface area contributed by atoms with E-state index in [9.17, 15) is 19.5 Å². The van der Waals surface area contributed by atoms with Crippen LogP contribution in [0.5, 0.6) is 0 Å². The van der Waals surface area contributed by atoms with Crippen LogP contribution in [-0.4, -0.2) is 46.4 Å². The number of amides is 2. The first-order valence-electron chi connectivity index (χ1n) is 12.3. The topological polar surface area (TPSA) is 111 Å². The minimum absolute atomic E-state index is 0.0129. The number of aliphatic hydroxyl groups excluding tert-OH is 1. The molecule has 32 heavy (non-hydrogen) atoms. The molecule has 0 saturated carbocycles. The molecule has 0 fully saturated rings. The van der Waals surface area contributed by atoms with Gasteiger partial charge in [0.25, 0.3) is 5.91 Å². The number of rotatable bonds is 5. The normalized spacial score (nSPS) is 20.8. The fourth-order valence-corrected chi connectivity index (χ4v) is 4.25. The Morgan fingerprint density at radius 3 is 2.22 bits per heavy atom. The van der Waals surface area contributed by atoms with E-state index in [1.807, 2.05) is 13.8 Å². The highest BCUT2D eigenvalue weighted by Gasteiger charge is 2.24. The first-order valence-corrected chi connectivity index (χ1v) is 12.3. The zero-order valence-electron chi connectivity index (χ0n) is 19.8. The number of aliphatic hydroxyl groups is 1. The van der Waals surface area contributed by atoms with Crippen LogP contribution >= 0.6 is 0 Å². The lowest BCUT2D eigenvalue weighted by Crippen LogP contribution is -2.50. The summed E-state index contributed by atoms with van der Waals surface area (Å²) >= 11 is 0. The van der Waals surface area contributed by atoms with Crippen LogP contribution in [0.1, 0.15) is 112 Å². The number of aromatic amines is 1. The summed E-state index contributed by atoms with van der Waals surface area (Å²) in [5.74, 6) is -0.314. The van der Waals surface area contributed by atoms with Gasteiger partial charge >= 0.3 is 0 Å². The Balaban J connectivity index is 2.09. The maximum atomic E-state index is 12.9. The number of aromatic nitrogens is 1. The monoisotopic (exact) mass is 447 g/mol. The Bertz CT molecular complexity index is 729. The molecule has 2 amide bonds. The minimum Gasteiger partial charge on any atom is -0.394 e. The molecule has 2 atom stereocenters. The maximum absolute atomic E-state index is 12.9. The number of nitrogens with one attached hydrogen (secondary N) is 3. The molecule has 4 N–H and O–H groups in total. The molecule has 2 heterocycles. The molecule has 0 aliphatic carbocycles. The summed E-state index contributed by atoms with van der Waals surface area (Å²) in [4.78, 5) is 41.1. The van der Waals surface area contributed by atoms with Crippen LogP contribution in [0.3, 0.4) is 0 Å². The van der Waals surface area contributed by atoms with Gasteiger partial charge in [-0.15, -0.1) is 0 Å². The maximum Gasteiger partial charge on any atom is 0.268 e. The SMILES string of the molecule is CC(C)C[C@@H](CO)NC(=O)[C@@H]1CCCCCCCCCCCC(=O)c2ccc([nH]2)C(=O)N1. The molecule has 2 bridgehead atoms. The molecule has 1 aliphatic rings. The summed E-state index contributed by atoms with van der Waals surface area (Å²) < 4.78 is 0. The van der Waals surface area contributed by atoms with E-state index in [1.165, 1.54) is 19.3 Å². The van der Waals surface area contributed by atoms with Gasteiger partial charge in [0.05, 0.1) is 18.3 Å². The zero-order valence-corrected chi connectivity index (χ0v) is 19.8. The number of fused-ring (bicyclic) bond motifs is 2. The average molecular weight is 448 g/mol.